The summed E-state index contributed by atoms with van der Waals surface area (Å²) >= 11 is 6.04. The minimum atomic E-state index is -0.409. The Balaban J connectivity index is 2.42. The summed E-state index contributed by atoms with van der Waals surface area (Å²) in [5.41, 5.74) is 0.732. The topological polar surface area (TPSA) is 30.7 Å². The molecule has 0 amide bonds. The van der Waals surface area contributed by atoms with Crippen LogP contribution in [0.1, 0.15) is 19.4 Å². The molecule has 2 rings (SSSR count). The molecule has 0 radical (unpaired) electrons. The molecule has 2 aromatic rings. The summed E-state index contributed by atoms with van der Waals surface area (Å²) in [6, 6.07) is 3.14. The van der Waals surface area contributed by atoms with E-state index in [0.717, 1.165) is 5.56 Å². The van der Waals surface area contributed by atoms with E-state index in [-0.39, 0.29) is 5.82 Å². The van der Waals surface area contributed by atoms with Crippen LogP contribution in [0.2, 0.25) is 5.15 Å². The van der Waals surface area contributed by atoms with Crippen LogP contribution in [-0.4, -0.2) is 14.8 Å². The van der Waals surface area contributed by atoms with Crippen LogP contribution in [0.3, 0.4) is 0 Å². The second kappa shape index (κ2) is 4.84. The zero-order chi connectivity index (χ0) is 12.4. The van der Waals surface area contributed by atoms with E-state index in [1.54, 1.807) is 18.5 Å². The maximum Gasteiger partial charge on any atom is 0.191 e. The highest BCUT2D eigenvalue weighted by molar-refractivity contribution is 6.30. The fraction of sp³-hybridized carbons (Fsp3) is 0.333. The number of pyridine rings is 1. The molecular weight excluding hydrogens is 241 g/mol. The van der Waals surface area contributed by atoms with Gasteiger partial charge in [-0.2, -0.15) is 5.10 Å². The van der Waals surface area contributed by atoms with Gasteiger partial charge in [0.15, 0.2) is 11.6 Å². The molecule has 0 N–H and O–H groups in total. The predicted molar refractivity (Wildman–Crippen MR) is 64.9 cm³/mol. The van der Waals surface area contributed by atoms with Crippen molar-refractivity contribution in [1.82, 2.24) is 14.8 Å². The van der Waals surface area contributed by atoms with Gasteiger partial charge in [0.2, 0.25) is 0 Å². The van der Waals surface area contributed by atoms with E-state index < -0.39 is 5.82 Å². The maximum atomic E-state index is 13.9. The van der Waals surface area contributed by atoms with Gasteiger partial charge in [0.25, 0.3) is 0 Å². The van der Waals surface area contributed by atoms with Crippen LogP contribution in [0, 0.1) is 11.7 Å². The van der Waals surface area contributed by atoms with Crippen molar-refractivity contribution in [1.29, 1.82) is 0 Å². The summed E-state index contributed by atoms with van der Waals surface area (Å²) in [7, 11) is 0. The number of aromatic nitrogens is 3. The lowest BCUT2D eigenvalue weighted by Crippen LogP contribution is -2.05. The minimum Gasteiger partial charge on any atom is -0.220 e. The zero-order valence-corrected chi connectivity index (χ0v) is 10.4. The predicted octanol–water partition coefficient (Wildman–Crippen LogP) is 3.26. The van der Waals surface area contributed by atoms with Crippen LogP contribution >= 0.6 is 11.6 Å². The second-order valence-electron chi connectivity index (χ2n) is 4.29. The first-order valence-corrected chi connectivity index (χ1v) is 5.80. The lowest BCUT2D eigenvalue weighted by atomic mass is 10.0. The minimum absolute atomic E-state index is 0.132. The molecule has 2 aromatic heterocycles. The van der Waals surface area contributed by atoms with Crippen molar-refractivity contribution in [3.8, 4) is 5.82 Å². The number of halogens is 2. The van der Waals surface area contributed by atoms with Gasteiger partial charge in [-0.1, -0.05) is 25.4 Å². The third-order valence-corrected chi connectivity index (χ3v) is 2.66. The van der Waals surface area contributed by atoms with Crippen molar-refractivity contribution < 1.29 is 4.39 Å². The largest absolute Gasteiger partial charge is 0.220 e. The number of rotatable bonds is 3. The van der Waals surface area contributed by atoms with Crippen LogP contribution in [0.25, 0.3) is 5.82 Å². The van der Waals surface area contributed by atoms with Gasteiger partial charge >= 0.3 is 0 Å². The summed E-state index contributed by atoms with van der Waals surface area (Å²) < 4.78 is 15.2. The van der Waals surface area contributed by atoms with Gasteiger partial charge in [0.05, 0.1) is 0 Å². The molecule has 3 nitrogen and oxygen atoms in total. The van der Waals surface area contributed by atoms with Gasteiger partial charge in [-0.15, -0.1) is 0 Å². The highest BCUT2D eigenvalue weighted by Gasteiger charge is 2.13. The van der Waals surface area contributed by atoms with Crippen LogP contribution in [-0.2, 0) is 6.42 Å². The maximum absolute atomic E-state index is 13.9. The van der Waals surface area contributed by atoms with Gasteiger partial charge in [0.1, 0.15) is 5.15 Å². The molecule has 5 heteroatoms. The Morgan fingerprint density at radius 2 is 2.24 bits per heavy atom. The van der Waals surface area contributed by atoms with E-state index in [4.69, 9.17) is 11.6 Å². The molecule has 90 valence electrons. The van der Waals surface area contributed by atoms with Gasteiger partial charge in [-0.05, 0) is 30.0 Å². The molecule has 0 spiro atoms. The van der Waals surface area contributed by atoms with Gasteiger partial charge < -0.3 is 0 Å². The van der Waals surface area contributed by atoms with E-state index in [1.165, 1.54) is 10.7 Å². The summed E-state index contributed by atoms with van der Waals surface area (Å²) in [4.78, 5) is 4.06. The van der Waals surface area contributed by atoms with E-state index in [2.05, 4.69) is 23.9 Å². The lowest BCUT2D eigenvalue weighted by Gasteiger charge is -2.09. The fourth-order valence-corrected chi connectivity index (χ4v) is 1.84. The number of hydrogen-bond donors (Lipinski definition) is 0. The van der Waals surface area contributed by atoms with Crippen molar-refractivity contribution in [2.45, 2.75) is 20.3 Å². The molecule has 2 heterocycles. The summed E-state index contributed by atoms with van der Waals surface area (Å²) in [5, 5.41) is 4.27. The molecule has 0 unspecified atom stereocenters. The SMILES string of the molecule is CC(C)Cc1cc(F)c(-n2cccn2)nc1Cl. The molecule has 0 aliphatic heterocycles. The Kier molecular flexibility index (Phi) is 3.43. The van der Waals surface area contributed by atoms with E-state index >= 15 is 0 Å². The molecule has 0 aliphatic rings. The normalized spacial score (nSPS) is 11.1. The van der Waals surface area contributed by atoms with Crippen LogP contribution in [0.15, 0.2) is 24.5 Å². The molecular formula is C12H13ClFN3. The number of nitrogens with zero attached hydrogens (tertiary/aromatic N) is 3. The quantitative estimate of drug-likeness (QED) is 0.786. The van der Waals surface area contributed by atoms with Crippen LogP contribution in [0.4, 0.5) is 4.39 Å². The molecule has 0 aromatic carbocycles. The average Bonchev–Trinajstić information content (AvgIpc) is 2.75. The average molecular weight is 254 g/mol. The Labute approximate surface area is 104 Å². The molecule has 0 bridgehead atoms. The third kappa shape index (κ3) is 2.64. The van der Waals surface area contributed by atoms with E-state index in [1.807, 2.05) is 0 Å². The molecule has 0 saturated heterocycles. The van der Waals surface area contributed by atoms with Crippen molar-refractivity contribution in [2.24, 2.45) is 5.92 Å². The molecule has 0 atom stereocenters. The highest BCUT2D eigenvalue weighted by atomic mass is 35.5. The van der Waals surface area contributed by atoms with Gasteiger partial charge in [-0.3, -0.25) is 0 Å². The fourth-order valence-electron chi connectivity index (χ4n) is 1.63. The summed E-state index contributed by atoms with van der Waals surface area (Å²) in [6.45, 7) is 4.10. The number of hydrogen-bond acceptors (Lipinski definition) is 2. The first-order valence-electron chi connectivity index (χ1n) is 5.43. The van der Waals surface area contributed by atoms with Crippen molar-refractivity contribution in [3.05, 3.63) is 41.1 Å². The van der Waals surface area contributed by atoms with Crippen molar-refractivity contribution in [2.75, 3.05) is 0 Å². The molecule has 17 heavy (non-hydrogen) atoms. The van der Waals surface area contributed by atoms with Crippen molar-refractivity contribution >= 4 is 11.6 Å². The molecule has 0 fully saturated rings. The lowest BCUT2D eigenvalue weighted by molar-refractivity contribution is 0.589. The van der Waals surface area contributed by atoms with Gasteiger partial charge in [-0.25, -0.2) is 14.1 Å². The van der Waals surface area contributed by atoms with Gasteiger partial charge in [0, 0.05) is 12.4 Å². The Morgan fingerprint density at radius 3 is 2.82 bits per heavy atom. The first kappa shape index (κ1) is 12.0. The summed E-state index contributed by atoms with van der Waals surface area (Å²) in [5.74, 6) is 0.130. The molecule has 0 aliphatic carbocycles. The van der Waals surface area contributed by atoms with Crippen LogP contribution in [0.5, 0.6) is 0 Å². The Hall–Kier alpha value is -1.42. The third-order valence-electron chi connectivity index (χ3n) is 2.33. The van der Waals surface area contributed by atoms with Crippen LogP contribution < -0.4 is 0 Å². The second-order valence-corrected chi connectivity index (χ2v) is 4.65. The van der Waals surface area contributed by atoms with E-state index in [9.17, 15) is 4.39 Å². The smallest absolute Gasteiger partial charge is 0.191 e. The van der Waals surface area contributed by atoms with Crippen molar-refractivity contribution in [3.63, 3.8) is 0 Å². The zero-order valence-electron chi connectivity index (χ0n) is 9.69. The molecule has 0 saturated carbocycles. The monoisotopic (exact) mass is 253 g/mol. The first-order chi connectivity index (χ1) is 8.08. The van der Waals surface area contributed by atoms with E-state index in [0.29, 0.717) is 17.5 Å². The summed E-state index contributed by atoms with van der Waals surface area (Å²) in [6.07, 6.45) is 3.91. The standard InChI is InChI=1S/C12H13ClFN3/c1-8(2)6-9-7-10(14)12(16-11(9)13)17-5-3-4-15-17/h3-5,7-8H,6H2,1-2H3. The Morgan fingerprint density at radius 1 is 1.47 bits per heavy atom. The highest BCUT2D eigenvalue weighted by Crippen LogP contribution is 2.21. The Bertz CT molecular complexity index is 509.